The van der Waals surface area contributed by atoms with Crippen molar-refractivity contribution in [1.82, 2.24) is 5.43 Å². The molecule has 0 saturated heterocycles. The normalized spacial score (nSPS) is 11.0. The number of hydrogen-bond acceptors (Lipinski definition) is 4. The molecule has 0 saturated carbocycles. The fourth-order valence-electron chi connectivity index (χ4n) is 2.12. The number of amides is 1. The summed E-state index contributed by atoms with van der Waals surface area (Å²) in [6, 6.07) is 13.2. The summed E-state index contributed by atoms with van der Waals surface area (Å²) >= 11 is 3.38. The van der Waals surface area contributed by atoms with Crippen LogP contribution in [0.4, 0.5) is 5.69 Å². The van der Waals surface area contributed by atoms with Crippen LogP contribution in [0.5, 0.6) is 5.75 Å². The Morgan fingerprint density at radius 1 is 1.20 bits per heavy atom. The molecule has 0 bridgehead atoms. The second-order valence-electron chi connectivity index (χ2n) is 5.99. The summed E-state index contributed by atoms with van der Waals surface area (Å²) in [6.07, 6.45) is 1.59. The second kappa shape index (κ2) is 8.67. The molecule has 0 aliphatic carbocycles. The number of anilines is 1. The van der Waals surface area contributed by atoms with E-state index in [9.17, 15) is 4.79 Å². The smallest absolute Gasteiger partial charge is 0.275 e. The van der Waals surface area contributed by atoms with Crippen molar-refractivity contribution in [2.75, 3.05) is 19.0 Å². The minimum Gasteiger partial charge on any atom is -0.490 e. The van der Waals surface area contributed by atoms with Crippen molar-refractivity contribution < 1.29 is 9.53 Å². The number of hydrogen-bond donors (Lipinski definition) is 1. The number of benzene rings is 2. The number of rotatable bonds is 6. The monoisotopic (exact) mass is 403 g/mol. The summed E-state index contributed by atoms with van der Waals surface area (Å²) in [6.45, 7) is 3.83. The van der Waals surface area contributed by atoms with Gasteiger partial charge in [0, 0.05) is 24.3 Å². The molecule has 2 aromatic carbocycles. The lowest BCUT2D eigenvalue weighted by atomic mass is 10.2. The van der Waals surface area contributed by atoms with E-state index in [1.165, 1.54) is 0 Å². The molecule has 0 aliphatic rings. The van der Waals surface area contributed by atoms with Gasteiger partial charge in [-0.2, -0.15) is 5.10 Å². The van der Waals surface area contributed by atoms with Gasteiger partial charge in [-0.05, 0) is 49.7 Å². The Hall–Kier alpha value is -2.34. The molecule has 6 heteroatoms. The van der Waals surface area contributed by atoms with Gasteiger partial charge in [-0.1, -0.05) is 28.1 Å². The van der Waals surface area contributed by atoms with Gasteiger partial charge in [0.05, 0.1) is 17.9 Å². The first-order valence-corrected chi connectivity index (χ1v) is 8.73. The van der Waals surface area contributed by atoms with Crippen molar-refractivity contribution in [2.45, 2.75) is 20.0 Å². The van der Waals surface area contributed by atoms with Gasteiger partial charge in [-0.25, -0.2) is 5.43 Å². The topological polar surface area (TPSA) is 53.9 Å². The van der Waals surface area contributed by atoms with Crippen LogP contribution in [0.2, 0.25) is 0 Å². The lowest BCUT2D eigenvalue weighted by Gasteiger charge is -2.13. The van der Waals surface area contributed by atoms with Crippen molar-refractivity contribution in [2.24, 2.45) is 5.10 Å². The number of nitrogens with one attached hydrogen (secondary N) is 1. The molecule has 1 amide bonds. The Labute approximate surface area is 156 Å². The first kappa shape index (κ1) is 19.0. The number of hydrazone groups is 1. The minimum atomic E-state index is -0.321. The molecule has 0 heterocycles. The Morgan fingerprint density at radius 3 is 2.48 bits per heavy atom. The Balaban J connectivity index is 2.08. The standard InChI is InChI=1S/C19H22BrN3O2/c1-13(2)25-18-10-7-15(20)11-17(18)19(24)22-21-12-14-5-8-16(9-6-14)23(3)4/h5-13H,1-4H3,(H,22,24)/b21-12+. The number of halogens is 1. The van der Waals surface area contributed by atoms with Crippen molar-refractivity contribution in [3.63, 3.8) is 0 Å². The maximum Gasteiger partial charge on any atom is 0.275 e. The Kier molecular flexibility index (Phi) is 6.58. The predicted octanol–water partition coefficient (Wildman–Crippen LogP) is 4.07. The maximum absolute atomic E-state index is 12.4. The van der Waals surface area contributed by atoms with E-state index < -0.39 is 0 Å². The van der Waals surface area contributed by atoms with Crippen molar-refractivity contribution >= 4 is 33.7 Å². The van der Waals surface area contributed by atoms with Crippen molar-refractivity contribution in [1.29, 1.82) is 0 Å². The van der Waals surface area contributed by atoms with Crippen LogP contribution in [0.25, 0.3) is 0 Å². The summed E-state index contributed by atoms with van der Waals surface area (Å²) in [7, 11) is 3.97. The van der Waals surface area contributed by atoms with Gasteiger partial charge < -0.3 is 9.64 Å². The van der Waals surface area contributed by atoms with Crippen LogP contribution >= 0.6 is 15.9 Å². The first-order chi connectivity index (χ1) is 11.9. The quantitative estimate of drug-likeness (QED) is 0.584. The molecule has 0 fully saturated rings. The van der Waals surface area contributed by atoms with E-state index in [0.717, 1.165) is 15.7 Å². The molecule has 0 unspecified atom stereocenters. The van der Waals surface area contributed by atoms with Gasteiger partial charge in [0.15, 0.2) is 0 Å². The third-order valence-corrected chi connectivity index (χ3v) is 3.83. The van der Waals surface area contributed by atoms with Gasteiger partial charge in [0.1, 0.15) is 5.75 Å². The van der Waals surface area contributed by atoms with E-state index in [0.29, 0.717) is 11.3 Å². The molecule has 0 aromatic heterocycles. The van der Waals surface area contributed by atoms with E-state index in [-0.39, 0.29) is 12.0 Å². The van der Waals surface area contributed by atoms with Crippen LogP contribution in [0.1, 0.15) is 29.8 Å². The molecular formula is C19H22BrN3O2. The summed E-state index contributed by atoms with van der Waals surface area (Å²) in [5.74, 6) is 0.208. The highest BCUT2D eigenvalue weighted by molar-refractivity contribution is 9.10. The van der Waals surface area contributed by atoms with Gasteiger partial charge in [-0.3, -0.25) is 4.79 Å². The number of nitrogens with zero attached hydrogens (tertiary/aromatic N) is 2. The molecular weight excluding hydrogens is 382 g/mol. The highest BCUT2D eigenvalue weighted by atomic mass is 79.9. The zero-order chi connectivity index (χ0) is 18.4. The molecule has 0 radical (unpaired) electrons. The average Bonchev–Trinajstić information content (AvgIpc) is 2.56. The fraction of sp³-hybridized carbons (Fsp3) is 0.263. The SMILES string of the molecule is CC(C)Oc1ccc(Br)cc1C(=O)N/N=C/c1ccc(N(C)C)cc1. The predicted molar refractivity (Wildman–Crippen MR) is 106 cm³/mol. The molecule has 132 valence electrons. The summed E-state index contributed by atoms with van der Waals surface area (Å²) in [5, 5.41) is 4.03. The highest BCUT2D eigenvalue weighted by Crippen LogP contribution is 2.24. The van der Waals surface area contributed by atoms with Crippen LogP contribution in [0.3, 0.4) is 0 Å². The van der Waals surface area contributed by atoms with E-state index in [4.69, 9.17) is 4.74 Å². The van der Waals surface area contributed by atoms with Crippen LogP contribution in [-0.2, 0) is 0 Å². The van der Waals surface area contributed by atoms with E-state index >= 15 is 0 Å². The second-order valence-corrected chi connectivity index (χ2v) is 6.91. The molecule has 2 aromatic rings. The maximum atomic E-state index is 12.4. The fourth-order valence-corrected chi connectivity index (χ4v) is 2.48. The van der Waals surface area contributed by atoms with Gasteiger partial charge >= 0.3 is 0 Å². The molecule has 2 rings (SSSR count). The largest absolute Gasteiger partial charge is 0.490 e. The number of ether oxygens (including phenoxy) is 1. The lowest BCUT2D eigenvalue weighted by molar-refractivity contribution is 0.0949. The zero-order valence-electron chi connectivity index (χ0n) is 14.8. The molecule has 1 N–H and O–H groups in total. The average molecular weight is 404 g/mol. The van der Waals surface area contributed by atoms with E-state index in [2.05, 4.69) is 26.5 Å². The van der Waals surface area contributed by atoms with Gasteiger partial charge in [-0.15, -0.1) is 0 Å². The first-order valence-electron chi connectivity index (χ1n) is 7.94. The van der Waals surface area contributed by atoms with Crippen LogP contribution in [-0.4, -0.2) is 32.3 Å². The third-order valence-electron chi connectivity index (χ3n) is 3.34. The summed E-state index contributed by atoms with van der Waals surface area (Å²) < 4.78 is 6.49. The molecule has 0 aliphatic heterocycles. The van der Waals surface area contributed by atoms with Crippen molar-refractivity contribution in [3.05, 3.63) is 58.1 Å². The Bertz CT molecular complexity index is 756. The van der Waals surface area contributed by atoms with Crippen LogP contribution in [0.15, 0.2) is 52.0 Å². The highest BCUT2D eigenvalue weighted by Gasteiger charge is 2.13. The summed E-state index contributed by atoms with van der Waals surface area (Å²) in [4.78, 5) is 14.4. The van der Waals surface area contributed by atoms with Crippen molar-refractivity contribution in [3.8, 4) is 5.75 Å². The lowest BCUT2D eigenvalue weighted by Crippen LogP contribution is -2.20. The number of carbonyl (C=O) groups excluding carboxylic acids is 1. The molecule has 0 spiro atoms. The van der Waals surface area contributed by atoms with Crippen LogP contribution < -0.4 is 15.1 Å². The molecule has 25 heavy (non-hydrogen) atoms. The van der Waals surface area contributed by atoms with E-state index in [1.807, 2.05) is 63.2 Å². The van der Waals surface area contributed by atoms with E-state index in [1.54, 1.807) is 18.3 Å². The third kappa shape index (κ3) is 5.60. The number of carbonyl (C=O) groups is 1. The summed E-state index contributed by atoms with van der Waals surface area (Å²) in [5.41, 5.74) is 4.98. The minimum absolute atomic E-state index is 0.0218. The molecule has 0 atom stereocenters. The van der Waals surface area contributed by atoms with Crippen LogP contribution in [0, 0.1) is 0 Å². The van der Waals surface area contributed by atoms with Gasteiger partial charge in [0.2, 0.25) is 0 Å². The zero-order valence-corrected chi connectivity index (χ0v) is 16.4. The Morgan fingerprint density at radius 2 is 1.88 bits per heavy atom. The molecule has 5 nitrogen and oxygen atoms in total. The van der Waals surface area contributed by atoms with Gasteiger partial charge in [0.25, 0.3) is 5.91 Å².